The summed E-state index contributed by atoms with van der Waals surface area (Å²) in [7, 11) is -3.69. The number of hydrogen-bond acceptors (Lipinski definition) is 4. The Bertz CT molecular complexity index is 666. The zero-order valence-electron chi connectivity index (χ0n) is 15.8. The quantitative estimate of drug-likeness (QED) is 0.684. The van der Waals surface area contributed by atoms with Gasteiger partial charge in [-0.15, -0.1) is 0 Å². The highest BCUT2D eigenvalue weighted by atomic mass is 32.2. The monoisotopic (exact) mass is 370 g/mol. The van der Waals surface area contributed by atoms with Gasteiger partial charge in [-0.05, 0) is 38.0 Å². The van der Waals surface area contributed by atoms with Gasteiger partial charge in [0.25, 0.3) is 0 Å². The van der Waals surface area contributed by atoms with Gasteiger partial charge in [-0.1, -0.05) is 27.7 Å². The molecule has 0 saturated heterocycles. The number of carbonyl (C=O) groups is 1. The summed E-state index contributed by atoms with van der Waals surface area (Å²) in [5.41, 5.74) is 0.464. The molecule has 0 radical (unpaired) electrons. The lowest BCUT2D eigenvalue weighted by Crippen LogP contribution is -2.31. The molecule has 0 unspecified atom stereocenters. The first kappa shape index (κ1) is 21.4. The molecule has 1 aromatic carbocycles. The van der Waals surface area contributed by atoms with Crippen molar-refractivity contribution in [3.63, 3.8) is 0 Å². The summed E-state index contributed by atoms with van der Waals surface area (Å²) in [5, 5.41) is 2.82. The van der Waals surface area contributed by atoms with E-state index in [1.807, 2.05) is 13.8 Å². The molecule has 6 nitrogen and oxygen atoms in total. The van der Waals surface area contributed by atoms with Crippen LogP contribution in [0.1, 0.15) is 47.5 Å². The third kappa shape index (κ3) is 5.19. The molecule has 1 N–H and O–H groups in total. The lowest BCUT2D eigenvalue weighted by atomic mass is 10.0. The van der Waals surface area contributed by atoms with Gasteiger partial charge in [0.05, 0.1) is 6.61 Å². The second-order valence-corrected chi connectivity index (χ2v) is 7.59. The molecule has 0 spiro atoms. The van der Waals surface area contributed by atoms with Gasteiger partial charge < -0.3 is 10.1 Å². The molecule has 1 rings (SSSR count). The Morgan fingerprint density at radius 3 is 2.20 bits per heavy atom. The fourth-order valence-electron chi connectivity index (χ4n) is 2.67. The van der Waals surface area contributed by atoms with Crippen LogP contribution < -0.4 is 10.1 Å². The van der Waals surface area contributed by atoms with Crippen LogP contribution >= 0.6 is 0 Å². The van der Waals surface area contributed by atoms with Gasteiger partial charge in [0.1, 0.15) is 10.6 Å². The van der Waals surface area contributed by atoms with Crippen molar-refractivity contribution in [3.8, 4) is 5.75 Å². The predicted octanol–water partition coefficient (Wildman–Crippen LogP) is 3.49. The fraction of sp³-hybridized carbons (Fsp3) is 0.611. The molecule has 1 aromatic rings. The van der Waals surface area contributed by atoms with Gasteiger partial charge in [0, 0.05) is 24.7 Å². The normalized spacial score (nSPS) is 11.8. The average molecular weight is 371 g/mol. The third-order valence-corrected chi connectivity index (χ3v) is 6.26. The number of sulfonamides is 1. The molecular formula is C18H30N2O4S. The van der Waals surface area contributed by atoms with Gasteiger partial charge in [-0.2, -0.15) is 4.31 Å². The molecule has 142 valence electrons. The number of benzene rings is 1. The van der Waals surface area contributed by atoms with Gasteiger partial charge in [-0.3, -0.25) is 4.79 Å². The minimum Gasteiger partial charge on any atom is -0.492 e. The van der Waals surface area contributed by atoms with Crippen molar-refractivity contribution < 1.29 is 17.9 Å². The van der Waals surface area contributed by atoms with Crippen LogP contribution in [-0.4, -0.2) is 38.3 Å². The molecule has 1 amide bonds. The van der Waals surface area contributed by atoms with Crippen LogP contribution in [0.25, 0.3) is 0 Å². The molecule has 25 heavy (non-hydrogen) atoms. The zero-order valence-corrected chi connectivity index (χ0v) is 16.6. The minimum absolute atomic E-state index is 0.0837. The summed E-state index contributed by atoms with van der Waals surface area (Å²) in [5.74, 6) is 0.115. The maximum Gasteiger partial charge on any atom is 0.246 e. The van der Waals surface area contributed by atoms with Crippen molar-refractivity contribution in [2.75, 3.05) is 25.0 Å². The van der Waals surface area contributed by atoms with Crippen LogP contribution in [0.15, 0.2) is 23.1 Å². The highest BCUT2D eigenvalue weighted by Crippen LogP contribution is 2.30. The van der Waals surface area contributed by atoms with E-state index in [4.69, 9.17) is 4.74 Å². The molecule has 0 fully saturated rings. The van der Waals surface area contributed by atoms with E-state index in [1.54, 1.807) is 32.9 Å². The largest absolute Gasteiger partial charge is 0.492 e. The molecule has 0 heterocycles. The molecule has 0 aliphatic carbocycles. The Hall–Kier alpha value is -1.60. The number of amides is 1. The van der Waals surface area contributed by atoms with Crippen LogP contribution in [0.2, 0.25) is 0 Å². The molecule has 0 atom stereocenters. The summed E-state index contributed by atoms with van der Waals surface area (Å²) in [6.07, 6.45) is 1.48. The van der Waals surface area contributed by atoms with E-state index in [1.165, 1.54) is 10.4 Å². The molecule has 0 saturated carbocycles. The van der Waals surface area contributed by atoms with E-state index in [0.717, 1.165) is 12.8 Å². The van der Waals surface area contributed by atoms with Gasteiger partial charge in [0.2, 0.25) is 15.9 Å². The Morgan fingerprint density at radius 2 is 1.72 bits per heavy atom. The number of hydrogen-bond donors (Lipinski definition) is 1. The van der Waals surface area contributed by atoms with Crippen molar-refractivity contribution in [2.45, 2.75) is 52.4 Å². The van der Waals surface area contributed by atoms with Crippen molar-refractivity contribution in [2.24, 2.45) is 5.92 Å². The van der Waals surface area contributed by atoms with Crippen molar-refractivity contribution in [3.05, 3.63) is 18.2 Å². The van der Waals surface area contributed by atoms with Gasteiger partial charge >= 0.3 is 0 Å². The second kappa shape index (κ2) is 9.77. The van der Waals surface area contributed by atoms with Crippen LogP contribution in [0, 0.1) is 5.92 Å². The molecular weight excluding hydrogens is 340 g/mol. The molecule has 7 heteroatoms. The number of anilines is 1. The summed E-state index contributed by atoms with van der Waals surface area (Å²) < 4.78 is 32.7. The first-order valence-corrected chi connectivity index (χ1v) is 10.4. The fourth-order valence-corrected chi connectivity index (χ4v) is 4.28. The topological polar surface area (TPSA) is 75.7 Å². The maximum absolute atomic E-state index is 12.9. The number of nitrogens with one attached hydrogen (secondary N) is 1. The number of rotatable bonds is 10. The van der Waals surface area contributed by atoms with Gasteiger partial charge in [0.15, 0.2) is 0 Å². The lowest BCUT2D eigenvalue weighted by Gasteiger charge is -2.21. The average Bonchev–Trinajstić information content (AvgIpc) is 2.58. The number of carbonyl (C=O) groups excluding carboxylic acids is 1. The van der Waals surface area contributed by atoms with Crippen molar-refractivity contribution >= 4 is 21.6 Å². The molecule has 0 bridgehead atoms. The number of nitrogens with zero attached hydrogens (tertiary/aromatic N) is 1. The first-order valence-electron chi connectivity index (χ1n) is 8.93. The third-order valence-electron chi connectivity index (χ3n) is 4.19. The van der Waals surface area contributed by atoms with Crippen LogP contribution in [0.4, 0.5) is 5.69 Å². The highest BCUT2D eigenvalue weighted by molar-refractivity contribution is 7.89. The second-order valence-electron chi connectivity index (χ2n) is 5.69. The van der Waals surface area contributed by atoms with E-state index in [2.05, 4.69) is 5.32 Å². The van der Waals surface area contributed by atoms with Gasteiger partial charge in [-0.25, -0.2) is 8.42 Å². The molecule has 0 aromatic heterocycles. The van der Waals surface area contributed by atoms with E-state index in [-0.39, 0.29) is 16.7 Å². The van der Waals surface area contributed by atoms with Crippen molar-refractivity contribution in [1.82, 2.24) is 4.31 Å². The highest BCUT2D eigenvalue weighted by Gasteiger charge is 2.26. The zero-order chi connectivity index (χ0) is 19.0. The van der Waals surface area contributed by atoms with Crippen molar-refractivity contribution in [1.29, 1.82) is 0 Å². The lowest BCUT2D eigenvalue weighted by molar-refractivity contribution is -0.120. The summed E-state index contributed by atoms with van der Waals surface area (Å²) in [6, 6.07) is 4.76. The summed E-state index contributed by atoms with van der Waals surface area (Å²) in [6.45, 7) is 10.4. The summed E-state index contributed by atoms with van der Waals surface area (Å²) >= 11 is 0. The van der Waals surface area contributed by atoms with Crippen LogP contribution in [-0.2, 0) is 14.8 Å². The Labute approximate surface area is 151 Å². The predicted molar refractivity (Wildman–Crippen MR) is 100 cm³/mol. The minimum atomic E-state index is -3.69. The number of ether oxygens (including phenoxy) is 1. The van der Waals surface area contributed by atoms with Crippen LogP contribution in [0.5, 0.6) is 5.75 Å². The Balaban J connectivity index is 3.28. The van der Waals surface area contributed by atoms with E-state index >= 15 is 0 Å². The smallest absolute Gasteiger partial charge is 0.246 e. The SMILES string of the molecule is CCOc1ccc(NC(=O)C(CC)CC)cc1S(=O)(=O)N(CC)CC. The molecule has 0 aliphatic heterocycles. The standard InChI is InChI=1S/C18H30N2O4S/c1-6-14(7-2)18(21)19-15-11-12-16(24-10-5)17(13-15)25(22,23)20(8-3)9-4/h11-14H,6-10H2,1-5H3,(H,19,21). The first-order chi connectivity index (χ1) is 11.8. The van der Waals surface area contributed by atoms with Crippen LogP contribution in [0.3, 0.4) is 0 Å². The Kier molecular flexibility index (Phi) is 8.38. The summed E-state index contributed by atoms with van der Waals surface area (Å²) in [4.78, 5) is 12.4. The van der Waals surface area contributed by atoms with E-state index < -0.39 is 10.0 Å². The van der Waals surface area contributed by atoms with E-state index in [9.17, 15) is 13.2 Å². The Morgan fingerprint density at radius 1 is 1.12 bits per heavy atom. The maximum atomic E-state index is 12.9. The molecule has 0 aliphatic rings. The van der Waals surface area contributed by atoms with E-state index in [0.29, 0.717) is 31.1 Å².